The van der Waals surface area contributed by atoms with Crippen LogP contribution in [0.5, 0.6) is 11.8 Å². The molecule has 3 N–H and O–H groups in total. The number of thiophene rings is 1. The van der Waals surface area contributed by atoms with Gasteiger partial charge < -0.3 is 15.8 Å². The summed E-state index contributed by atoms with van der Waals surface area (Å²) in [5, 5.41) is 7.32. The van der Waals surface area contributed by atoms with Crippen LogP contribution in [0.4, 0.5) is 24.7 Å². The van der Waals surface area contributed by atoms with Crippen molar-refractivity contribution in [1.82, 2.24) is 24.7 Å². The lowest BCUT2D eigenvalue weighted by Gasteiger charge is -2.14. The van der Waals surface area contributed by atoms with Gasteiger partial charge in [-0.2, -0.15) is 5.10 Å². The van der Waals surface area contributed by atoms with E-state index in [0.717, 1.165) is 5.56 Å². The lowest BCUT2D eigenvalue weighted by Crippen LogP contribution is -2.12. The number of nitrogens with zero attached hydrogens (tertiary/aromatic N) is 5. The van der Waals surface area contributed by atoms with Crippen molar-refractivity contribution in [3.63, 3.8) is 0 Å². The van der Waals surface area contributed by atoms with E-state index in [1.54, 1.807) is 49.4 Å². The summed E-state index contributed by atoms with van der Waals surface area (Å²) >= 11 is 1.22. The van der Waals surface area contributed by atoms with Crippen LogP contribution < -0.4 is 15.8 Å². The van der Waals surface area contributed by atoms with Crippen molar-refractivity contribution in [3.05, 3.63) is 96.5 Å². The molecule has 1 amide bonds. The van der Waals surface area contributed by atoms with Crippen molar-refractivity contribution >= 4 is 38.8 Å². The van der Waals surface area contributed by atoms with Gasteiger partial charge in [-0.25, -0.2) is 28.1 Å². The van der Waals surface area contributed by atoms with Crippen LogP contribution in [0.25, 0.3) is 42.8 Å². The lowest BCUT2D eigenvalue weighted by atomic mass is 9.95. The van der Waals surface area contributed by atoms with Gasteiger partial charge in [0.2, 0.25) is 0 Å². The molecule has 0 saturated carbocycles. The van der Waals surface area contributed by atoms with Crippen LogP contribution in [-0.2, 0) is 11.8 Å². The Hall–Kier alpha value is -5.56. The topological polar surface area (TPSA) is 121 Å². The third kappa shape index (κ3) is 5.79. The van der Waals surface area contributed by atoms with Gasteiger partial charge in [0.05, 0.1) is 6.20 Å². The molecule has 4 aromatic heterocycles. The molecule has 2 aromatic carbocycles. The number of alkyl halides is 2. The van der Waals surface area contributed by atoms with Crippen molar-refractivity contribution < 1.29 is 22.7 Å². The van der Waals surface area contributed by atoms with E-state index in [9.17, 15) is 13.6 Å². The van der Waals surface area contributed by atoms with Crippen LogP contribution in [0.1, 0.15) is 24.6 Å². The summed E-state index contributed by atoms with van der Waals surface area (Å²) < 4.78 is 52.9. The summed E-state index contributed by atoms with van der Waals surface area (Å²) in [6, 6.07) is 10.2. The number of rotatable bonds is 8. The highest BCUT2D eigenvalue weighted by atomic mass is 32.1. The minimum atomic E-state index is -2.91. The van der Waals surface area contributed by atoms with Gasteiger partial charge in [-0.05, 0) is 49.7 Å². The highest BCUT2D eigenvalue weighted by Gasteiger charge is 2.26. The molecular formula is C33H26F3N7O2S. The Bertz CT molecular complexity index is 2160. The van der Waals surface area contributed by atoms with Gasteiger partial charge >= 0.3 is 6.01 Å². The predicted molar refractivity (Wildman–Crippen MR) is 172 cm³/mol. The van der Waals surface area contributed by atoms with Crippen LogP contribution in [0, 0.1) is 12.7 Å². The van der Waals surface area contributed by atoms with Crippen molar-refractivity contribution in [2.24, 2.45) is 7.05 Å². The van der Waals surface area contributed by atoms with Gasteiger partial charge in [-0.15, -0.1) is 11.3 Å². The first-order valence-electron chi connectivity index (χ1n) is 13.9. The van der Waals surface area contributed by atoms with E-state index >= 15 is 4.39 Å². The standard InChI is InChI=1S/C33H26F3N7O2S/c1-16(2)32(44)42-20-6-7-21(22(12-20)30(35)36)28-26(18-5-8-25(24(34)11-18)45-33-38-10-9-17(3)41-33)27-29(46-28)23(14-39-31(27)37)19-13-40-43(4)15-19/h5-15,30H,1H2,2-4H3,(H2,37,39)(H,42,44). The molecular weight excluding hydrogens is 615 g/mol. The number of nitrogen functional groups attached to an aromatic ring is 1. The number of nitrogens with two attached hydrogens (primary N) is 1. The van der Waals surface area contributed by atoms with Crippen LogP contribution in [0.2, 0.25) is 0 Å². The summed E-state index contributed by atoms with van der Waals surface area (Å²) in [6.07, 6.45) is 3.65. The second-order valence-corrected chi connectivity index (χ2v) is 11.6. The van der Waals surface area contributed by atoms with E-state index < -0.39 is 18.1 Å². The quantitative estimate of drug-likeness (QED) is 0.161. The molecule has 232 valence electrons. The zero-order chi connectivity index (χ0) is 32.7. The Morgan fingerprint density at radius 3 is 2.57 bits per heavy atom. The summed E-state index contributed by atoms with van der Waals surface area (Å²) in [5.74, 6) is -1.21. The van der Waals surface area contributed by atoms with Gasteiger partial charge in [0.25, 0.3) is 12.3 Å². The maximum atomic E-state index is 15.7. The van der Waals surface area contributed by atoms with Crippen LogP contribution in [0.3, 0.4) is 0 Å². The SMILES string of the molecule is C=C(C)C(=O)Nc1ccc(-c2sc3c(-c4cnn(C)c4)cnc(N)c3c2-c2ccc(Oc3nccc(C)n3)c(F)c2)c(C(F)F)c1. The number of aromatic nitrogens is 5. The number of ether oxygens (including phenoxy) is 1. The molecule has 0 atom stereocenters. The molecule has 0 aliphatic heterocycles. The molecule has 0 bridgehead atoms. The molecule has 0 aliphatic rings. The van der Waals surface area contributed by atoms with Crippen LogP contribution >= 0.6 is 11.3 Å². The van der Waals surface area contributed by atoms with Crippen molar-refractivity contribution in [1.29, 1.82) is 0 Å². The lowest BCUT2D eigenvalue weighted by molar-refractivity contribution is -0.112. The van der Waals surface area contributed by atoms with Gasteiger partial charge in [0, 0.05) is 85.4 Å². The number of aryl methyl sites for hydroxylation is 2. The number of halogens is 3. The van der Waals surface area contributed by atoms with Gasteiger partial charge in [-0.1, -0.05) is 18.7 Å². The molecule has 6 rings (SSSR count). The van der Waals surface area contributed by atoms with E-state index in [1.807, 2.05) is 0 Å². The van der Waals surface area contributed by atoms with Crippen molar-refractivity contribution in [3.8, 4) is 44.5 Å². The van der Waals surface area contributed by atoms with E-state index in [4.69, 9.17) is 10.5 Å². The largest absolute Gasteiger partial charge is 0.421 e. The Balaban J connectivity index is 1.58. The number of benzene rings is 2. The minimum absolute atomic E-state index is 0.0247. The molecule has 4 heterocycles. The summed E-state index contributed by atoms with van der Waals surface area (Å²) in [6.45, 7) is 6.87. The number of pyridine rings is 1. The first kappa shape index (κ1) is 30.5. The average molecular weight is 642 g/mol. The normalized spacial score (nSPS) is 11.3. The van der Waals surface area contributed by atoms with Gasteiger partial charge in [0.15, 0.2) is 11.6 Å². The number of carbonyl (C=O) groups excluding carboxylic acids is 1. The third-order valence-corrected chi connectivity index (χ3v) is 8.39. The molecule has 0 spiro atoms. The number of amides is 1. The molecule has 46 heavy (non-hydrogen) atoms. The first-order valence-corrected chi connectivity index (χ1v) is 14.7. The van der Waals surface area contributed by atoms with Crippen molar-refractivity contribution in [2.45, 2.75) is 20.3 Å². The first-order chi connectivity index (χ1) is 22.0. The number of hydrogen-bond donors (Lipinski definition) is 2. The molecule has 0 aliphatic carbocycles. The summed E-state index contributed by atoms with van der Waals surface area (Å²) in [5.41, 5.74) is 9.54. The Labute approximate surface area is 265 Å². The number of hydrogen-bond acceptors (Lipinski definition) is 8. The monoisotopic (exact) mass is 641 g/mol. The molecule has 0 fully saturated rings. The molecule has 6 aromatic rings. The van der Waals surface area contributed by atoms with E-state index in [2.05, 4.69) is 31.9 Å². The van der Waals surface area contributed by atoms with Crippen LogP contribution in [-0.4, -0.2) is 30.6 Å². The highest BCUT2D eigenvalue weighted by Crippen LogP contribution is 2.51. The second kappa shape index (κ2) is 12.1. The average Bonchev–Trinajstić information content (AvgIpc) is 3.63. The summed E-state index contributed by atoms with van der Waals surface area (Å²) in [4.78, 5) is 25.2. The fraction of sp³-hybridized carbons (Fsp3) is 0.121. The number of carbonyl (C=O) groups is 1. The zero-order valence-electron chi connectivity index (χ0n) is 24.8. The fourth-order valence-corrected chi connectivity index (χ4v) is 6.34. The van der Waals surface area contributed by atoms with E-state index in [1.165, 1.54) is 54.8 Å². The number of anilines is 2. The molecule has 0 unspecified atom stereocenters. The summed E-state index contributed by atoms with van der Waals surface area (Å²) in [7, 11) is 1.77. The Morgan fingerprint density at radius 1 is 1.09 bits per heavy atom. The molecule has 0 saturated heterocycles. The number of nitrogens with one attached hydrogen (secondary N) is 1. The second-order valence-electron chi connectivity index (χ2n) is 10.5. The Morgan fingerprint density at radius 2 is 1.89 bits per heavy atom. The highest BCUT2D eigenvalue weighted by molar-refractivity contribution is 7.23. The predicted octanol–water partition coefficient (Wildman–Crippen LogP) is 8.10. The molecule has 9 nitrogen and oxygen atoms in total. The fourth-order valence-electron chi connectivity index (χ4n) is 4.93. The van der Waals surface area contributed by atoms with Gasteiger partial charge in [0.1, 0.15) is 5.82 Å². The molecule has 13 heteroatoms. The Kier molecular flexibility index (Phi) is 8.00. The smallest absolute Gasteiger partial charge is 0.322 e. The van der Waals surface area contributed by atoms with Gasteiger partial charge in [-0.3, -0.25) is 9.48 Å². The van der Waals surface area contributed by atoms with Crippen molar-refractivity contribution in [2.75, 3.05) is 11.1 Å². The maximum absolute atomic E-state index is 15.7. The van der Waals surface area contributed by atoms with E-state index in [-0.39, 0.29) is 40.0 Å². The minimum Gasteiger partial charge on any atom is -0.421 e. The van der Waals surface area contributed by atoms with E-state index in [0.29, 0.717) is 37.3 Å². The number of fused-ring (bicyclic) bond motifs is 1. The van der Waals surface area contributed by atoms with Crippen LogP contribution in [0.15, 0.2) is 79.4 Å². The maximum Gasteiger partial charge on any atom is 0.322 e. The third-order valence-electron chi connectivity index (χ3n) is 7.13. The molecule has 0 radical (unpaired) electrons. The zero-order valence-corrected chi connectivity index (χ0v) is 25.6.